The van der Waals surface area contributed by atoms with E-state index in [2.05, 4.69) is 4.98 Å². The molecule has 0 aliphatic carbocycles. The number of halogens is 1. The lowest BCUT2D eigenvalue weighted by Gasteiger charge is -2.06. The van der Waals surface area contributed by atoms with Crippen molar-refractivity contribution in [2.45, 2.75) is 0 Å². The fraction of sp³-hybridized carbons (Fsp3) is 0.0769. The van der Waals surface area contributed by atoms with E-state index in [9.17, 15) is 4.39 Å². The first-order chi connectivity index (χ1) is 8.26. The molecule has 1 aromatic carbocycles. The van der Waals surface area contributed by atoms with Crippen molar-refractivity contribution < 1.29 is 9.13 Å². The van der Waals surface area contributed by atoms with Crippen molar-refractivity contribution in [1.29, 1.82) is 5.26 Å². The highest BCUT2D eigenvalue weighted by Crippen LogP contribution is 2.26. The van der Waals surface area contributed by atoms with Crippen LogP contribution in [0.25, 0.3) is 11.1 Å². The van der Waals surface area contributed by atoms with E-state index in [0.717, 1.165) is 0 Å². The maximum atomic E-state index is 13.4. The summed E-state index contributed by atoms with van der Waals surface area (Å²) in [6.07, 6.45) is 3.12. The third kappa shape index (κ3) is 2.08. The molecule has 0 saturated carbocycles. The number of pyridine rings is 1. The van der Waals surface area contributed by atoms with Crippen LogP contribution >= 0.6 is 0 Å². The predicted molar refractivity (Wildman–Crippen MR) is 60.9 cm³/mol. The summed E-state index contributed by atoms with van der Waals surface area (Å²) in [4.78, 5) is 3.98. The number of nitrogens with zero attached hydrogens (tertiary/aromatic N) is 2. The molecule has 4 heteroatoms. The molecule has 0 saturated heterocycles. The van der Waals surface area contributed by atoms with E-state index >= 15 is 0 Å². The molecule has 17 heavy (non-hydrogen) atoms. The van der Waals surface area contributed by atoms with Crippen molar-refractivity contribution in [3.8, 4) is 22.9 Å². The van der Waals surface area contributed by atoms with Crippen molar-refractivity contribution in [3.05, 3.63) is 48.0 Å². The standard InChI is InChI=1S/C13H9FN2O/c1-17-10-5-9(7-16-8-10)11-3-2-4-13(14)12(11)6-15/h2-5,7-8H,1H3. The Morgan fingerprint density at radius 3 is 2.88 bits per heavy atom. The van der Waals surface area contributed by atoms with Crippen molar-refractivity contribution >= 4 is 0 Å². The Kier molecular flexibility index (Phi) is 3.01. The molecule has 84 valence electrons. The summed E-state index contributed by atoms with van der Waals surface area (Å²) in [6.45, 7) is 0. The molecule has 0 atom stereocenters. The molecular formula is C13H9FN2O. The van der Waals surface area contributed by atoms with Crippen LogP contribution < -0.4 is 4.74 Å². The summed E-state index contributed by atoms with van der Waals surface area (Å²) >= 11 is 0. The number of aromatic nitrogens is 1. The molecule has 0 N–H and O–H groups in total. The normalized spacial score (nSPS) is 9.71. The zero-order valence-corrected chi connectivity index (χ0v) is 9.14. The van der Waals surface area contributed by atoms with E-state index in [1.165, 1.54) is 13.2 Å². The van der Waals surface area contributed by atoms with Gasteiger partial charge >= 0.3 is 0 Å². The van der Waals surface area contributed by atoms with Gasteiger partial charge in [0.1, 0.15) is 17.6 Å². The van der Waals surface area contributed by atoms with Crippen molar-refractivity contribution in [2.75, 3.05) is 7.11 Å². The van der Waals surface area contributed by atoms with Crippen LogP contribution in [0.2, 0.25) is 0 Å². The van der Waals surface area contributed by atoms with E-state index in [-0.39, 0.29) is 5.56 Å². The summed E-state index contributed by atoms with van der Waals surface area (Å²) in [7, 11) is 1.53. The Morgan fingerprint density at radius 2 is 2.18 bits per heavy atom. The predicted octanol–water partition coefficient (Wildman–Crippen LogP) is 2.77. The fourth-order valence-corrected chi connectivity index (χ4v) is 1.56. The zero-order valence-electron chi connectivity index (χ0n) is 9.14. The number of methoxy groups -OCH3 is 1. The molecule has 0 unspecified atom stereocenters. The van der Waals surface area contributed by atoms with E-state index in [1.54, 1.807) is 30.6 Å². The largest absolute Gasteiger partial charge is 0.495 e. The highest BCUT2D eigenvalue weighted by Gasteiger charge is 2.10. The molecular weight excluding hydrogens is 219 g/mol. The number of rotatable bonds is 2. The molecule has 0 spiro atoms. The van der Waals surface area contributed by atoms with Gasteiger partial charge in [0.15, 0.2) is 0 Å². The summed E-state index contributed by atoms with van der Waals surface area (Å²) in [5, 5.41) is 8.95. The van der Waals surface area contributed by atoms with E-state index in [0.29, 0.717) is 16.9 Å². The number of hydrogen-bond acceptors (Lipinski definition) is 3. The first kappa shape index (κ1) is 11.1. The quantitative estimate of drug-likeness (QED) is 0.793. The van der Waals surface area contributed by atoms with Crippen LogP contribution in [0.4, 0.5) is 4.39 Å². The van der Waals surface area contributed by atoms with E-state index in [4.69, 9.17) is 10.00 Å². The van der Waals surface area contributed by atoms with Gasteiger partial charge in [0.25, 0.3) is 0 Å². The van der Waals surface area contributed by atoms with Gasteiger partial charge in [0, 0.05) is 17.3 Å². The lowest BCUT2D eigenvalue weighted by Crippen LogP contribution is -1.91. The molecule has 0 aliphatic rings. The minimum Gasteiger partial charge on any atom is -0.495 e. The Bertz CT molecular complexity index is 590. The Morgan fingerprint density at radius 1 is 1.35 bits per heavy atom. The van der Waals surface area contributed by atoms with Gasteiger partial charge in [-0.2, -0.15) is 5.26 Å². The third-order valence-electron chi connectivity index (χ3n) is 2.39. The molecule has 1 aromatic heterocycles. The molecule has 1 heterocycles. The van der Waals surface area contributed by atoms with Crippen LogP contribution in [0.15, 0.2) is 36.7 Å². The second kappa shape index (κ2) is 4.62. The molecule has 2 rings (SSSR count). The fourth-order valence-electron chi connectivity index (χ4n) is 1.56. The summed E-state index contributed by atoms with van der Waals surface area (Å²) < 4.78 is 18.5. The maximum absolute atomic E-state index is 13.4. The SMILES string of the molecule is COc1cncc(-c2cccc(F)c2C#N)c1. The van der Waals surface area contributed by atoms with Gasteiger partial charge < -0.3 is 4.74 Å². The van der Waals surface area contributed by atoms with Gasteiger partial charge in [0.2, 0.25) is 0 Å². The first-order valence-corrected chi connectivity index (χ1v) is 4.94. The molecule has 0 radical (unpaired) electrons. The summed E-state index contributed by atoms with van der Waals surface area (Å²) in [5.74, 6) is 0.0310. The number of ether oxygens (including phenoxy) is 1. The highest BCUT2D eigenvalue weighted by atomic mass is 19.1. The number of hydrogen-bond donors (Lipinski definition) is 0. The summed E-state index contributed by atoms with van der Waals surface area (Å²) in [6, 6.07) is 8.07. The van der Waals surface area contributed by atoms with Crippen LogP contribution in [-0.2, 0) is 0 Å². The highest BCUT2D eigenvalue weighted by molar-refractivity contribution is 5.70. The second-order valence-corrected chi connectivity index (χ2v) is 3.39. The molecule has 0 aliphatic heterocycles. The maximum Gasteiger partial charge on any atom is 0.141 e. The van der Waals surface area contributed by atoms with Crippen LogP contribution in [-0.4, -0.2) is 12.1 Å². The lowest BCUT2D eigenvalue weighted by molar-refractivity contribution is 0.413. The smallest absolute Gasteiger partial charge is 0.141 e. The minimum absolute atomic E-state index is 0.0163. The Hall–Kier alpha value is -2.41. The van der Waals surface area contributed by atoms with Gasteiger partial charge in [-0.3, -0.25) is 4.98 Å². The van der Waals surface area contributed by atoms with E-state index < -0.39 is 5.82 Å². The summed E-state index contributed by atoms with van der Waals surface area (Å²) in [5.41, 5.74) is 1.18. The molecule has 0 amide bonds. The van der Waals surface area contributed by atoms with Gasteiger partial charge in [-0.1, -0.05) is 12.1 Å². The van der Waals surface area contributed by atoms with Gasteiger partial charge in [-0.25, -0.2) is 4.39 Å². The minimum atomic E-state index is -0.534. The van der Waals surface area contributed by atoms with Crippen LogP contribution in [0.3, 0.4) is 0 Å². The Balaban J connectivity index is 2.61. The topological polar surface area (TPSA) is 45.9 Å². The monoisotopic (exact) mass is 228 g/mol. The van der Waals surface area contributed by atoms with Crippen molar-refractivity contribution in [1.82, 2.24) is 4.98 Å². The third-order valence-corrected chi connectivity index (χ3v) is 2.39. The van der Waals surface area contributed by atoms with Crippen LogP contribution in [0.1, 0.15) is 5.56 Å². The average molecular weight is 228 g/mol. The molecule has 0 fully saturated rings. The zero-order chi connectivity index (χ0) is 12.3. The van der Waals surface area contributed by atoms with E-state index in [1.807, 2.05) is 6.07 Å². The first-order valence-electron chi connectivity index (χ1n) is 4.94. The molecule has 0 bridgehead atoms. The van der Waals surface area contributed by atoms with Crippen LogP contribution in [0, 0.1) is 17.1 Å². The van der Waals surface area contributed by atoms with Gasteiger partial charge in [-0.15, -0.1) is 0 Å². The molecule has 3 nitrogen and oxygen atoms in total. The van der Waals surface area contributed by atoms with Gasteiger partial charge in [-0.05, 0) is 12.1 Å². The average Bonchev–Trinajstić information content (AvgIpc) is 2.38. The number of benzene rings is 1. The molecule has 2 aromatic rings. The van der Waals surface area contributed by atoms with Crippen molar-refractivity contribution in [2.24, 2.45) is 0 Å². The second-order valence-electron chi connectivity index (χ2n) is 3.39. The number of nitriles is 1. The lowest BCUT2D eigenvalue weighted by atomic mass is 10.0. The van der Waals surface area contributed by atoms with Crippen LogP contribution in [0.5, 0.6) is 5.75 Å². The van der Waals surface area contributed by atoms with Crippen molar-refractivity contribution in [3.63, 3.8) is 0 Å². The van der Waals surface area contributed by atoms with Gasteiger partial charge in [0.05, 0.1) is 18.9 Å². The Labute approximate surface area is 98.1 Å².